The van der Waals surface area contributed by atoms with Gasteiger partial charge in [-0.2, -0.15) is 13.2 Å². The minimum atomic E-state index is -4.43. The van der Waals surface area contributed by atoms with Gasteiger partial charge in [0.15, 0.2) is 0 Å². The van der Waals surface area contributed by atoms with Crippen molar-refractivity contribution in [1.82, 2.24) is 4.90 Å². The molecule has 2 amide bonds. The summed E-state index contributed by atoms with van der Waals surface area (Å²) in [6, 6.07) is 3.83. The van der Waals surface area contributed by atoms with Crippen LogP contribution in [0.2, 0.25) is 5.02 Å². The Morgan fingerprint density at radius 3 is 2.70 bits per heavy atom. The molecule has 1 saturated heterocycles. The van der Waals surface area contributed by atoms with E-state index in [-0.39, 0.29) is 18.9 Å². The maximum atomic E-state index is 12.4. The van der Waals surface area contributed by atoms with Crippen molar-refractivity contribution >= 4 is 34.8 Å². The zero-order chi connectivity index (χ0) is 17.2. The van der Waals surface area contributed by atoms with E-state index in [1.165, 1.54) is 13.0 Å². The molecule has 1 aliphatic rings. The molecule has 1 aromatic carbocycles. The van der Waals surface area contributed by atoms with Crippen molar-refractivity contribution in [2.45, 2.75) is 25.6 Å². The highest BCUT2D eigenvalue weighted by atomic mass is 35.5. The van der Waals surface area contributed by atoms with Gasteiger partial charge in [-0.15, -0.1) is 0 Å². The van der Waals surface area contributed by atoms with Gasteiger partial charge in [0, 0.05) is 18.5 Å². The molecule has 0 radical (unpaired) electrons. The molecular weight excluding hydrogens is 335 g/mol. The van der Waals surface area contributed by atoms with E-state index in [1.54, 1.807) is 12.1 Å². The summed E-state index contributed by atoms with van der Waals surface area (Å²) in [6.07, 6.45) is -4.19. The molecule has 2 N–H and O–H groups in total. The second-order valence-electron chi connectivity index (χ2n) is 5.23. The zero-order valence-corrected chi connectivity index (χ0v) is 13.0. The van der Waals surface area contributed by atoms with Crippen LogP contribution in [0.25, 0.3) is 0 Å². The number of alkyl halides is 3. The summed E-state index contributed by atoms with van der Waals surface area (Å²) in [7, 11) is 0. The molecule has 2 rings (SSSR count). The van der Waals surface area contributed by atoms with Crippen molar-refractivity contribution in [3.05, 3.63) is 23.2 Å². The minimum absolute atomic E-state index is 0.0199. The molecule has 1 fully saturated rings. The number of benzene rings is 1. The summed E-state index contributed by atoms with van der Waals surface area (Å²) in [5.74, 6) is -0.942. The standard InChI is InChI=1S/C14H15ClF3N3O2/c1-8(22)19-10-3-2-9(15)6-12(10)20-11-4-5-21(13(11)23)7-14(16,17)18/h2-3,6,11,20H,4-5,7H2,1H3,(H,19,22)/t11-/m0/s1. The fourth-order valence-electron chi connectivity index (χ4n) is 2.37. The Hall–Kier alpha value is -1.96. The molecule has 0 aliphatic carbocycles. The van der Waals surface area contributed by atoms with Crippen molar-refractivity contribution in [1.29, 1.82) is 0 Å². The highest BCUT2D eigenvalue weighted by Crippen LogP contribution is 2.29. The van der Waals surface area contributed by atoms with E-state index in [0.717, 1.165) is 4.90 Å². The number of carbonyl (C=O) groups is 2. The fraction of sp³-hybridized carbons (Fsp3) is 0.429. The number of hydrogen-bond acceptors (Lipinski definition) is 3. The third kappa shape index (κ3) is 4.75. The highest BCUT2D eigenvalue weighted by Gasteiger charge is 2.39. The average molecular weight is 350 g/mol. The lowest BCUT2D eigenvalue weighted by molar-refractivity contribution is -0.157. The first kappa shape index (κ1) is 17.4. The molecule has 1 atom stereocenters. The Kier molecular flexibility index (Phi) is 5.03. The molecule has 0 bridgehead atoms. The topological polar surface area (TPSA) is 61.4 Å². The van der Waals surface area contributed by atoms with E-state index >= 15 is 0 Å². The summed E-state index contributed by atoms with van der Waals surface area (Å²) in [6.45, 7) is 0.0777. The number of hydrogen-bond donors (Lipinski definition) is 2. The quantitative estimate of drug-likeness (QED) is 0.878. The van der Waals surface area contributed by atoms with Crippen LogP contribution >= 0.6 is 11.6 Å². The average Bonchev–Trinajstić information content (AvgIpc) is 2.72. The molecule has 126 valence electrons. The number of nitrogens with one attached hydrogen (secondary N) is 2. The van der Waals surface area contributed by atoms with Gasteiger partial charge in [-0.3, -0.25) is 9.59 Å². The van der Waals surface area contributed by atoms with Crippen LogP contribution in [0.5, 0.6) is 0 Å². The van der Waals surface area contributed by atoms with Gasteiger partial charge in [0.25, 0.3) is 0 Å². The van der Waals surface area contributed by atoms with Crippen molar-refractivity contribution in [2.75, 3.05) is 23.7 Å². The van der Waals surface area contributed by atoms with Crippen LogP contribution in [0.1, 0.15) is 13.3 Å². The first-order valence-electron chi connectivity index (χ1n) is 6.85. The van der Waals surface area contributed by atoms with Gasteiger partial charge in [-0.05, 0) is 24.6 Å². The lowest BCUT2D eigenvalue weighted by Crippen LogP contribution is -2.39. The number of nitrogens with zero attached hydrogens (tertiary/aromatic N) is 1. The molecule has 9 heteroatoms. The molecular formula is C14H15ClF3N3O2. The summed E-state index contributed by atoms with van der Waals surface area (Å²) in [4.78, 5) is 24.0. The lowest BCUT2D eigenvalue weighted by atomic mass is 10.2. The number of carbonyl (C=O) groups excluding carboxylic acids is 2. The molecule has 0 spiro atoms. The summed E-state index contributed by atoms with van der Waals surface area (Å²) in [5, 5.41) is 5.81. The summed E-state index contributed by atoms with van der Waals surface area (Å²) in [5.41, 5.74) is 0.795. The zero-order valence-electron chi connectivity index (χ0n) is 12.2. The van der Waals surface area contributed by atoms with E-state index < -0.39 is 24.7 Å². The Morgan fingerprint density at radius 1 is 1.39 bits per heavy atom. The van der Waals surface area contributed by atoms with Crippen molar-refractivity contribution in [2.24, 2.45) is 0 Å². The molecule has 0 saturated carbocycles. The van der Waals surface area contributed by atoms with Crippen LogP contribution in [-0.2, 0) is 9.59 Å². The van der Waals surface area contributed by atoms with Crippen LogP contribution in [0.4, 0.5) is 24.5 Å². The highest BCUT2D eigenvalue weighted by molar-refractivity contribution is 6.31. The molecule has 0 unspecified atom stereocenters. The van der Waals surface area contributed by atoms with Crippen LogP contribution < -0.4 is 10.6 Å². The van der Waals surface area contributed by atoms with Gasteiger partial charge in [-0.1, -0.05) is 11.6 Å². The maximum absolute atomic E-state index is 12.4. The van der Waals surface area contributed by atoms with Crippen molar-refractivity contribution < 1.29 is 22.8 Å². The van der Waals surface area contributed by atoms with Crippen molar-refractivity contribution in [3.63, 3.8) is 0 Å². The summed E-state index contributed by atoms with van der Waals surface area (Å²) >= 11 is 5.89. The van der Waals surface area contributed by atoms with Gasteiger partial charge in [0.05, 0.1) is 11.4 Å². The van der Waals surface area contributed by atoms with Gasteiger partial charge in [0.2, 0.25) is 11.8 Å². The second kappa shape index (κ2) is 6.66. The first-order valence-corrected chi connectivity index (χ1v) is 7.23. The minimum Gasteiger partial charge on any atom is -0.372 e. The molecule has 1 heterocycles. The van der Waals surface area contributed by atoms with Gasteiger partial charge >= 0.3 is 6.18 Å². The lowest BCUT2D eigenvalue weighted by Gasteiger charge is -2.20. The smallest absolute Gasteiger partial charge is 0.372 e. The van der Waals surface area contributed by atoms with Gasteiger partial charge < -0.3 is 15.5 Å². The van der Waals surface area contributed by atoms with Crippen molar-refractivity contribution in [3.8, 4) is 0 Å². The number of anilines is 2. The second-order valence-corrected chi connectivity index (χ2v) is 5.67. The third-order valence-electron chi connectivity index (χ3n) is 3.29. The first-order chi connectivity index (χ1) is 10.7. The molecule has 1 aliphatic heterocycles. The molecule has 1 aromatic rings. The monoisotopic (exact) mass is 349 g/mol. The van der Waals surface area contributed by atoms with E-state index in [1.807, 2.05) is 0 Å². The SMILES string of the molecule is CC(=O)Nc1ccc(Cl)cc1N[C@H]1CCN(CC(F)(F)F)C1=O. The molecule has 0 aromatic heterocycles. The van der Waals surface area contributed by atoms with Gasteiger partial charge in [0.1, 0.15) is 12.6 Å². The Morgan fingerprint density at radius 2 is 2.09 bits per heavy atom. The van der Waals surface area contributed by atoms with Crippen LogP contribution in [-0.4, -0.2) is 42.0 Å². The predicted molar refractivity (Wildman–Crippen MR) is 80.4 cm³/mol. The van der Waals surface area contributed by atoms with E-state index in [4.69, 9.17) is 11.6 Å². The number of likely N-dealkylation sites (tertiary alicyclic amines) is 1. The number of rotatable bonds is 4. The normalized spacial score (nSPS) is 18.2. The van der Waals surface area contributed by atoms with E-state index in [0.29, 0.717) is 16.4 Å². The number of amides is 2. The fourth-order valence-corrected chi connectivity index (χ4v) is 2.54. The third-order valence-corrected chi connectivity index (χ3v) is 3.52. The Labute approximate surface area is 135 Å². The van der Waals surface area contributed by atoms with E-state index in [2.05, 4.69) is 10.6 Å². The Balaban J connectivity index is 2.12. The van der Waals surface area contributed by atoms with Crippen LogP contribution in [0.3, 0.4) is 0 Å². The van der Waals surface area contributed by atoms with Crippen LogP contribution in [0, 0.1) is 0 Å². The molecule has 23 heavy (non-hydrogen) atoms. The molecule has 5 nitrogen and oxygen atoms in total. The Bertz CT molecular complexity index is 622. The van der Waals surface area contributed by atoms with E-state index in [9.17, 15) is 22.8 Å². The maximum Gasteiger partial charge on any atom is 0.406 e. The largest absolute Gasteiger partial charge is 0.406 e. The van der Waals surface area contributed by atoms with Gasteiger partial charge in [-0.25, -0.2) is 0 Å². The number of halogens is 4. The summed E-state index contributed by atoms with van der Waals surface area (Å²) < 4.78 is 37.2. The van der Waals surface area contributed by atoms with Crippen LogP contribution in [0.15, 0.2) is 18.2 Å². The predicted octanol–water partition coefficient (Wildman–Crippen LogP) is 2.87.